The molecule has 0 aliphatic heterocycles. The van der Waals surface area contributed by atoms with Gasteiger partial charge >= 0.3 is 0 Å². The number of rotatable bonds is 4. The molecule has 0 spiro atoms. The Morgan fingerprint density at radius 2 is 2.25 bits per heavy atom. The summed E-state index contributed by atoms with van der Waals surface area (Å²) in [5, 5.41) is 7.27. The number of hydrogen-bond acceptors (Lipinski definition) is 6. The molecule has 2 rings (SSSR count). The van der Waals surface area contributed by atoms with E-state index in [1.807, 2.05) is 14.0 Å². The number of thioether (sulfide) groups is 1. The maximum Gasteiger partial charge on any atom is 0.182 e. The molecule has 2 heterocycles. The first-order chi connectivity index (χ1) is 7.74. The van der Waals surface area contributed by atoms with Crippen LogP contribution in [0.4, 0.5) is 5.13 Å². The zero-order valence-corrected chi connectivity index (χ0v) is 11.9. The molecule has 86 valence electrons. The van der Waals surface area contributed by atoms with Gasteiger partial charge in [0.2, 0.25) is 0 Å². The molecular formula is C10H13N3S3. The average molecular weight is 271 g/mol. The molecule has 0 unspecified atom stereocenters. The second-order valence-corrected chi connectivity index (χ2v) is 6.05. The fourth-order valence-electron chi connectivity index (χ4n) is 1.37. The molecule has 0 saturated heterocycles. The standard InChI is InChI=1S/C10H13N3S3/c1-6-9(16-8(12-6)5-14-3)7-4-15-10(11-2)13-7/h4H,5H2,1-3H3,(H,11,13). The van der Waals surface area contributed by atoms with E-state index < -0.39 is 0 Å². The molecule has 0 fully saturated rings. The Bertz CT molecular complexity index is 475. The predicted octanol–water partition coefficient (Wildman–Crippen LogP) is 3.48. The monoisotopic (exact) mass is 271 g/mol. The number of nitrogens with one attached hydrogen (secondary N) is 1. The lowest BCUT2D eigenvalue weighted by Gasteiger charge is -1.91. The highest BCUT2D eigenvalue weighted by Crippen LogP contribution is 2.33. The van der Waals surface area contributed by atoms with Gasteiger partial charge in [-0.15, -0.1) is 22.7 Å². The fraction of sp³-hybridized carbons (Fsp3) is 0.400. The summed E-state index contributed by atoms with van der Waals surface area (Å²) in [6.07, 6.45) is 2.10. The molecule has 6 heteroatoms. The van der Waals surface area contributed by atoms with Crippen LogP contribution in [-0.2, 0) is 5.75 Å². The third kappa shape index (κ3) is 2.39. The van der Waals surface area contributed by atoms with Crippen LogP contribution in [0.2, 0.25) is 0 Å². The van der Waals surface area contributed by atoms with Gasteiger partial charge in [-0.25, -0.2) is 9.97 Å². The van der Waals surface area contributed by atoms with Crippen LogP contribution >= 0.6 is 34.4 Å². The first-order valence-electron chi connectivity index (χ1n) is 4.83. The Labute approximate surface area is 107 Å². The highest BCUT2D eigenvalue weighted by molar-refractivity contribution is 7.97. The average Bonchev–Trinajstić information content (AvgIpc) is 2.85. The van der Waals surface area contributed by atoms with Gasteiger partial charge in [-0.2, -0.15) is 11.8 Å². The first-order valence-corrected chi connectivity index (χ1v) is 7.92. The SMILES string of the molecule is CNc1nc(-c2sc(CSC)nc2C)cs1. The smallest absolute Gasteiger partial charge is 0.182 e. The Kier molecular flexibility index (Phi) is 3.83. The van der Waals surface area contributed by atoms with Crippen LogP contribution in [0.15, 0.2) is 5.38 Å². The predicted molar refractivity (Wildman–Crippen MR) is 74.7 cm³/mol. The van der Waals surface area contributed by atoms with Gasteiger partial charge < -0.3 is 5.32 Å². The largest absolute Gasteiger partial charge is 0.365 e. The van der Waals surface area contributed by atoms with Crippen molar-refractivity contribution >= 4 is 39.6 Å². The molecular weight excluding hydrogens is 258 g/mol. The second kappa shape index (κ2) is 5.16. The highest BCUT2D eigenvalue weighted by atomic mass is 32.2. The van der Waals surface area contributed by atoms with Crippen LogP contribution in [0, 0.1) is 6.92 Å². The molecule has 2 aromatic rings. The number of thiazole rings is 2. The van der Waals surface area contributed by atoms with Gasteiger partial charge in [0, 0.05) is 18.2 Å². The van der Waals surface area contributed by atoms with Crippen molar-refractivity contribution in [3.63, 3.8) is 0 Å². The van der Waals surface area contributed by atoms with Crippen LogP contribution in [0.25, 0.3) is 10.6 Å². The summed E-state index contributed by atoms with van der Waals surface area (Å²) in [5.41, 5.74) is 2.12. The quantitative estimate of drug-likeness (QED) is 0.924. The summed E-state index contributed by atoms with van der Waals surface area (Å²) in [4.78, 5) is 10.3. The van der Waals surface area contributed by atoms with Gasteiger partial charge in [-0.05, 0) is 13.2 Å². The van der Waals surface area contributed by atoms with Crippen LogP contribution in [0.3, 0.4) is 0 Å². The van der Waals surface area contributed by atoms with E-state index in [9.17, 15) is 0 Å². The Hall–Kier alpha value is -0.590. The van der Waals surface area contributed by atoms with E-state index in [2.05, 4.69) is 26.9 Å². The molecule has 1 N–H and O–H groups in total. The zero-order chi connectivity index (χ0) is 11.5. The number of nitrogens with zero attached hydrogens (tertiary/aromatic N) is 2. The van der Waals surface area contributed by atoms with Crippen molar-refractivity contribution in [2.45, 2.75) is 12.7 Å². The van der Waals surface area contributed by atoms with Crippen molar-refractivity contribution < 1.29 is 0 Å². The molecule has 16 heavy (non-hydrogen) atoms. The summed E-state index contributed by atoms with van der Waals surface area (Å²) < 4.78 is 0. The Balaban J connectivity index is 2.32. The van der Waals surface area contributed by atoms with E-state index in [1.54, 1.807) is 34.4 Å². The van der Waals surface area contributed by atoms with E-state index in [4.69, 9.17) is 0 Å². The molecule has 0 aromatic carbocycles. The molecule has 0 aliphatic carbocycles. The number of hydrogen-bond donors (Lipinski definition) is 1. The highest BCUT2D eigenvalue weighted by Gasteiger charge is 2.12. The minimum absolute atomic E-state index is 0.953. The minimum atomic E-state index is 0.953. The minimum Gasteiger partial charge on any atom is -0.365 e. The molecule has 0 bridgehead atoms. The fourth-order valence-corrected chi connectivity index (χ4v) is 3.83. The zero-order valence-electron chi connectivity index (χ0n) is 9.40. The van der Waals surface area contributed by atoms with Gasteiger partial charge in [-0.1, -0.05) is 0 Å². The van der Waals surface area contributed by atoms with Crippen molar-refractivity contribution in [2.75, 3.05) is 18.6 Å². The lowest BCUT2D eigenvalue weighted by molar-refractivity contribution is 1.18. The van der Waals surface area contributed by atoms with Crippen LogP contribution in [-0.4, -0.2) is 23.3 Å². The Morgan fingerprint density at radius 1 is 1.44 bits per heavy atom. The second-order valence-electron chi connectivity index (χ2n) is 3.24. The van der Waals surface area contributed by atoms with E-state index in [1.165, 1.54) is 9.88 Å². The molecule has 0 aliphatic rings. The van der Waals surface area contributed by atoms with E-state index in [0.29, 0.717) is 0 Å². The van der Waals surface area contributed by atoms with Gasteiger partial charge in [-0.3, -0.25) is 0 Å². The summed E-state index contributed by atoms with van der Waals surface area (Å²) >= 11 is 5.17. The molecule has 0 saturated carbocycles. The van der Waals surface area contributed by atoms with Crippen molar-refractivity contribution in [1.29, 1.82) is 0 Å². The topological polar surface area (TPSA) is 37.8 Å². The summed E-state index contributed by atoms with van der Waals surface area (Å²) in [6.45, 7) is 2.05. The van der Waals surface area contributed by atoms with Gasteiger partial charge in [0.05, 0.1) is 16.3 Å². The van der Waals surface area contributed by atoms with Crippen molar-refractivity contribution in [2.24, 2.45) is 0 Å². The van der Waals surface area contributed by atoms with E-state index in [0.717, 1.165) is 22.3 Å². The van der Waals surface area contributed by atoms with Gasteiger partial charge in [0.1, 0.15) is 5.01 Å². The van der Waals surface area contributed by atoms with Crippen molar-refractivity contribution in [3.05, 3.63) is 16.1 Å². The number of anilines is 1. The van der Waals surface area contributed by atoms with Crippen LogP contribution < -0.4 is 5.32 Å². The summed E-state index contributed by atoms with van der Waals surface area (Å²) in [7, 11) is 1.89. The lowest BCUT2D eigenvalue weighted by Crippen LogP contribution is -1.85. The molecule has 0 radical (unpaired) electrons. The first kappa shape index (κ1) is 11.9. The summed E-state index contributed by atoms with van der Waals surface area (Å²) in [6, 6.07) is 0. The van der Waals surface area contributed by atoms with Crippen LogP contribution in [0.1, 0.15) is 10.7 Å². The lowest BCUT2D eigenvalue weighted by atomic mass is 10.3. The van der Waals surface area contributed by atoms with Crippen LogP contribution in [0.5, 0.6) is 0 Å². The Morgan fingerprint density at radius 3 is 2.88 bits per heavy atom. The molecule has 2 aromatic heterocycles. The van der Waals surface area contributed by atoms with Crippen molar-refractivity contribution in [3.8, 4) is 10.6 Å². The van der Waals surface area contributed by atoms with Crippen molar-refractivity contribution in [1.82, 2.24) is 9.97 Å². The van der Waals surface area contributed by atoms with Gasteiger partial charge in [0.25, 0.3) is 0 Å². The molecule has 0 atom stereocenters. The normalized spacial score (nSPS) is 10.7. The summed E-state index contributed by atoms with van der Waals surface area (Å²) in [5.74, 6) is 0.981. The molecule has 3 nitrogen and oxygen atoms in total. The van der Waals surface area contributed by atoms with Gasteiger partial charge in [0.15, 0.2) is 5.13 Å². The number of aromatic nitrogens is 2. The maximum atomic E-state index is 4.55. The molecule has 0 amide bonds. The third-order valence-electron chi connectivity index (χ3n) is 2.06. The van der Waals surface area contributed by atoms with E-state index >= 15 is 0 Å². The van der Waals surface area contributed by atoms with E-state index in [-0.39, 0.29) is 0 Å². The third-order valence-corrected chi connectivity index (χ3v) is 4.84. The number of aryl methyl sites for hydroxylation is 1. The maximum absolute atomic E-state index is 4.55.